The van der Waals surface area contributed by atoms with Crippen LogP contribution in [0.4, 0.5) is 0 Å². The van der Waals surface area contributed by atoms with Crippen LogP contribution in [0, 0.1) is 0 Å². The second-order valence-corrected chi connectivity index (χ2v) is 5.09. The Kier molecular flexibility index (Phi) is 4.65. The van der Waals surface area contributed by atoms with Crippen molar-refractivity contribution >= 4 is 11.8 Å². The van der Waals surface area contributed by atoms with Gasteiger partial charge >= 0.3 is 5.97 Å². The van der Waals surface area contributed by atoms with Gasteiger partial charge in [-0.15, -0.1) is 0 Å². The van der Waals surface area contributed by atoms with Crippen LogP contribution in [0.5, 0.6) is 17.2 Å². The van der Waals surface area contributed by atoms with Gasteiger partial charge in [-0.2, -0.15) is 0 Å². The molecule has 1 heterocycles. The number of fused-ring (bicyclic) bond motifs is 1. The summed E-state index contributed by atoms with van der Waals surface area (Å²) in [5.41, 5.74) is 0.757. The van der Waals surface area contributed by atoms with Crippen LogP contribution in [-0.2, 0) is 4.74 Å². The molecule has 0 spiro atoms. The molecule has 0 unspecified atom stereocenters. The molecule has 0 aliphatic carbocycles. The summed E-state index contributed by atoms with van der Waals surface area (Å²) >= 11 is 0. The Labute approximate surface area is 138 Å². The van der Waals surface area contributed by atoms with Crippen LogP contribution in [0.3, 0.4) is 0 Å². The molecular formula is C18H16O6. The Morgan fingerprint density at radius 3 is 2.33 bits per heavy atom. The normalized spacial score (nSPS) is 12.4. The fourth-order valence-corrected chi connectivity index (χ4v) is 2.25. The predicted octanol–water partition coefficient (Wildman–Crippen LogP) is 2.51. The molecule has 6 heteroatoms. The van der Waals surface area contributed by atoms with Gasteiger partial charge in [0.05, 0.1) is 12.7 Å². The van der Waals surface area contributed by atoms with Crippen molar-refractivity contribution in [2.45, 2.75) is 0 Å². The van der Waals surface area contributed by atoms with Crippen molar-refractivity contribution in [3.63, 3.8) is 0 Å². The highest BCUT2D eigenvalue weighted by Gasteiger charge is 2.17. The fraction of sp³-hybridized carbons (Fsp3) is 0.222. The minimum atomic E-state index is -0.589. The Morgan fingerprint density at radius 1 is 0.958 bits per heavy atom. The maximum Gasteiger partial charge on any atom is 0.338 e. The maximum absolute atomic E-state index is 12.1. The second kappa shape index (κ2) is 7.04. The molecule has 0 fully saturated rings. The lowest BCUT2D eigenvalue weighted by Crippen LogP contribution is -2.17. The largest absolute Gasteiger partial charge is 0.497 e. The predicted molar refractivity (Wildman–Crippen MR) is 85.0 cm³/mol. The van der Waals surface area contributed by atoms with Crippen molar-refractivity contribution in [1.29, 1.82) is 0 Å². The van der Waals surface area contributed by atoms with Gasteiger partial charge in [-0.25, -0.2) is 4.79 Å². The molecule has 0 N–H and O–H groups in total. The van der Waals surface area contributed by atoms with Gasteiger partial charge in [-0.05, 0) is 42.5 Å². The molecule has 2 aromatic rings. The van der Waals surface area contributed by atoms with Crippen molar-refractivity contribution in [3.05, 3.63) is 53.6 Å². The molecule has 0 amide bonds. The highest BCUT2D eigenvalue weighted by atomic mass is 16.6. The van der Waals surface area contributed by atoms with Gasteiger partial charge in [0.15, 0.2) is 23.9 Å². The SMILES string of the molecule is COc1ccc(C(=O)COC(=O)c2ccc3c(c2)OCCO3)cc1. The summed E-state index contributed by atoms with van der Waals surface area (Å²) < 4.78 is 20.9. The summed E-state index contributed by atoms with van der Waals surface area (Å²) in [6.45, 7) is 0.578. The molecule has 0 atom stereocenters. The monoisotopic (exact) mass is 328 g/mol. The number of esters is 1. The number of rotatable bonds is 5. The van der Waals surface area contributed by atoms with E-state index in [0.29, 0.717) is 41.6 Å². The van der Waals surface area contributed by atoms with E-state index < -0.39 is 5.97 Å². The van der Waals surface area contributed by atoms with Gasteiger partial charge in [0.25, 0.3) is 0 Å². The van der Waals surface area contributed by atoms with E-state index in [0.717, 1.165) is 0 Å². The highest BCUT2D eigenvalue weighted by Crippen LogP contribution is 2.30. The summed E-state index contributed by atoms with van der Waals surface area (Å²) in [5.74, 6) is 0.862. The molecule has 0 bridgehead atoms. The van der Waals surface area contributed by atoms with Crippen LogP contribution in [0.25, 0.3) is 0 Å². The first-order valence-electron chi connectivity index (χ1n) is 7.41. The first kappa shape index (κ1) is 15.9. The standard InChI is InChI=1S/C18H16O6/c1-21-14-5-2-12(3-6-14)15(19)11-24-18(20)13-4-7-16-17(10-13)23-9-8-22-16/h2-7,10H,8-9,11H2,1H3. The minimum Gasteiger partial charge on any atom is -0.497 e. The molecule has 124 valence electrons. The molecule has 3 rings (SSSR count). The molecule has 0 aromatic heterocycles. The Hall–Kier alpha value is -3.02. The molecule has 6 nitrogen and oxygen atoms in total. The first-order chi connectivity index (χ1) is 11.7. The van der Waals surface area contributed by atoms with E-state index in [1.807, 2.05) is 0 Å². The first-order valence-corrected chi connectivity index (χ1v) is 7.41. The highest BCUT2D eigenvalue weighted by molar-refractivity contribution is 5.99. The van der Waals surface area contributed by atoms with E-state index in [1.165, 1.54) is 0 Å². The van der Waals surface area contributed by atoms with Crippen LogP contribution in [-0.4, -0.2) is 38.7 Å². The summed E-state index contributed by atoms with van der Waals surface area (Å²) in [5, 5.41) is 0. The minimum absolute atomic E-state index is 0.288. The number of ether oxygens (including phenoxy) is 4. The van der Waals surface area contributed by atoms with E-state index in [2.05, 4.69) is 0 Å². The summed E-state index contributed by atoms with van der Waals surface area (Å²) in [4.78, 5) is 24.1. The average Bonchev–Trinajstić information content (AvgIpc) is 2.65. The van der Waals surface area contributed by atoms with Crippen LogP contribution in [0.1, 0.15) is 20.7 Å². The van der Waals surface area contributed by atoms with Gasteiger partial charge in [-0.3, -0.25) is 4.79 Å². The van der Waals surface area contributed by atoms with Crippen molar-refractivity contribution in [3.8, 4) is 17.2 Å². The van der Waals surface area contributed by atoms with E-state index in [4.69, 9.17) is 18.9 Å². The molecule has 0 saturated heterocycles. The number of carbonyl (C=O) groups is 2. The molecule has 1 aliphatic rings. The third kappa shape index (κ3) is 3.48. The lowest BCUT2D eigenvalue weighted by molar-refractivity contribution is 0.0474. The smallest absolute Gasteiger partial charge is 0.338 e. The molecule has 24 heavy (non-hydrogen) atoms. The molecular weight excluding hydrogens is 312 g/mol. The number of ketones is 1. The second-order valence-electron chi connectivity index (χ2n) is 5.09. The van der Waals surface area contributed by atoms with Gasteiger partial charge in [-0.1, -0.05) is 0 Å². The number of benzene rings is 2. The molecule has 0 saturated carbocycles. The number of methoxy groups -OCH3 is 1. The van der Waals surface area contributed by atoms with E-state index in [1.54, 1.807) is 49.6 Å². The van der Waals surface area contributed by atoms with Crippen molar-refractivity contribution in [2.75, 3.05) is 26.9 Å². The third-order valence-corrected chi connectivity index (χ3v) is 3.52. The fourth-order valence-electron chi connectivity index (χ4n) is 2.25. The zero-order valence-corrected chi connectivity index (χ0v) is 13.1. The number of carbonyl (C=O) groups excluding carboxylic acids is 2. The zero-order valence-electron chi connectivity index (χ0n) is 13.1. The lowest BCUT2D eigenvalue weighted by atomic mass is 10.1. The van der Waals surface area contributed by atoms with Gasteiger partial charge < -0.3 is 18.9 Å². The van der Waals surface area contributed by atoms with Crippen LogP contribution in [0.15, 0.2) is 42.5 Å². The average molecular weight is 328 g/mol. The summed E-state index contributed by atoms with van der Waals surface area (Å²) in [6, 6.07) is 11.4. The number of Topliss-reactive ketones (excluding diaryl/α,β-unsaturated/α-hetero) is 1. The van der Waals surface area contributed by atoms with E-state index >= 15 is 0 Å². The molecule has 1 aliphatic heterocycles. The lowest BCUT2D eigenvalue weighted by Gasteiger charge is -2.18. The summed E-state index contributed by atoms with van der Waals surface area (Å²) in [7, 11) is 1.55. The van der Waals surface area contributed by atoms with Crippen LogP contribution >= 0.6 is 0 Å². The van der Waals surface area contributed by atoms with Crippen molar-refractivity contribution in [2.24, 2.45) is 0 Å². The molecule has 2 aromatic carbocycles. The molecule has 0 radical (unpaired) electrons. The zero-order chi connectivity index (χ0) is 16.9. The van der Waals surface area contributed by atoms with Crippen molar-refractivity contribution < 1.29 is 28.5 Å². The quantitative estimate of drug-likeness (QED) is 0.620. The van der Waals surface area contributed by atoms with Gasteiger partial charge in [0.1, 0.15) is 19.0 Å². The van der Waals surface area contributed by atoms with Gasteiger partial charge in [0, 0.05) is 5.56 Å². The van der Waals surface area contributed by atoms with E-state index in [9.17, 15) is 9.59 Å². The van der Waals surface area contributed by atoms with Gasteiger partial charge in [0.2, 0.25) is 0 Å². The van der Waals surface area contributed by atoms with Crippen molar-refractivity contribution in [1.82, 2.24) is 0 Å². The van der Waals surface area contributed by atoms with Crippen LogP contribution < -0.4 is 14.2 Å². The summed E-state index contributed by atoms with van der Waals surface area (Å²) in [6.07, 6.45) is 0. The van der Waals surface area contributed by atoms with Crippen LogP contribution in [0.2, 0.25) is 0 Å². The Balaban J connectivity index is 1.61. The number of hydrogen-bond acceptors (Lipinski definition) is 6. The van der Waals surface area contributed by atoms with E-state index in [-0.39, 0.29) is 12.4 Å². The maximum atomic E-state index is 12.1. The topological polar surface area (TPSA) is 71.1 Å². The third-order valence-electron chi connectivity index (χ3n) is 3.52. The number of hydrogen-bond donors (Lipinski definition) is 0. The Bertz CT molecular complexity index is 751. The Morgan fingerprint density at radius 2 is 1.62 bits per heavy atom.